The Bertz CT molecular complexity index is 2030. The van der Waals surface area contributed by atoms with Gasteiger partial charge in [0.05, 0.1) is 40.3 Å². The van der Waals surface area contributed by atoms with E-state index in [0.717, 1.165) is 60.9 Å². The minimum absolute atomic E-state index is 0.111. The fourth-order valence-corrected chi connectivity index (χ4v) is 5.09. The van der Waals surface area contributed by atoms with Gasteiger partial charge >= 0.3 is 5.69 Å². The first-order valence-electron chi connectivity index (χ1n) is 12.0. The van der Waals surface area contributed by atoms with Gasteiger partial charge in [0, 0.05) is 47.7 Å². The molecule has 0 amide bonds. The molecule has 4 aromatic heterocycles. The zero-order chi connectivity index (χ0) is 25.1. The lowest BCUT2D eigenvalue weighted by molar-refractivity contribution is 0.843. The van der Waals surface area contributed by atoms with Crippen LogP contribution in [0, 0.1) is 6.92 Å². The number of nitrogens with zero attached hydrogens (tertiary/aromatic N) is 6. The molecule has 0 fully saturated rings. The standard InChI is InChI=1S/C30H22N6O/c1-19-13-23(35-12-11-31-18-35)8-10-27(19)36-29-24-15-20(22-14-21-5-3-4-6-25(21)32-16-22)7-9-26(24)33-17-28(29)34(2)30(36)37/h3-18H,1-2H3. The average Bonchev–Trinajstić information content (AvgIpc) is 3.56. The van der Waals surface area contributed by atoms with E-state index in [1.807, 2.05) is 60.3 Å². The molecule has 178 valence electrons. The fourth-order valence-electron chi connectivity index (χ4n) is 5.09. The number of pyridine rings is 2. The predicted octanol–water partition coefficient (Wildman–Crippen LogP) is 5.59. The van der Waals surface area contributed by atoms with Gasteiger partial charge in [-0.25, -0.2) is 9.78 Å². The lowest BCUT2D eigenvalue weighted by Gasteiger charge is -2.12. The first-order valence-corrected chi connectivity index (χ1v) is 12.0. The number of rotatable bonds is 3. The molecule has 0 radical (unpaired) electrons. The van der Waals surface area contributed by atoms with Crippen LogP contribution < -0.4 is 5.69 Å². The van der Waals surface area contributed by atoms with Crippen LogP contribution in [0.25, 0.3) is 55.3 Å². The summed E-state index contributed by atoms with van der Waals surface area (Å²) in [5.41, 5.74) is 8.16. The lowest BCUT2D eigenvalue weighted by atomic mass is 10.0. The average molecular weight is 483 g/mol. The third kappa shape index (κ3) is 3.28. The first-order chi connectivity index (χ1) is 18.1. The molecule has 4 heterocycles. The van der Waals surface area contributed by atoms with Crippen molar-refractivity contribution in [2.24, 2.45) is 7.05 Å². The zero-order valence-electron chi connectivity index (χ0n) is 20.3. The van der Waals surface area contributed by atoms with Gasteiger partial charge in [-0.15, -0.1) is 0 Å². The van der Waals surface area contributed by atoms with Crippen molar-refractivity contribution in [3.05, 3.63) is 114 Å². The van der Waals surface area contributed by atoms with E-state index in [-0.39, 0.29) is 5.69 Å². The summed E-state index contributed by atoms with van der Waals surface area (Å²) in [4.78, 5) is 27.0. The SMILES string of the molecule is Cc1cc(-n2ccnc2)ccc1-n1c(=O)n(C)c2cnc3ccc(-c4cnc5ccccc5c4)cc3c21. The molecule has 0 atom stereocenters. The van der Waals surface area contributed by atoms with Gasteiger partial charge in [0.15, 0.2) is 0 Å². The molecule has 0 spiro atoms. The largest absolute Gasteiger partial charge is 0.333 e. The van der Waals surface area contributed by atoms with Gasteiger partial charge in [-0.2, -0.15) is 0 Å². The number of aryl methyl sites for hydroxylation is 2. The topological polar surface area (TPSA) is 70.5 Å². The van der Waals surface area contributed by atoms with Crippen LogP contribution in [0.3, 0.4) is 0 Å². The minimum Gasteiger partial charge on any atom is -0.306 e. The Morgan fingerprint density at radius 2 is 1.70 bits per heavy atom. The van der Waals surface area contributed by atoms with Crippen molar-refractivity contribution in [3.8, 4) is 22.5 Å². The zero-order valence-corrected chi connectivity index (χ0v) is 20.3. The van der Waals surface area contributed by atoms with Gasteiger partial charge in [-0.05, 0) is 60.5 Å². The number of hydrogen-bond donors (Lipinski definition) is 0. The van der Waals surface area contributed by atoms with Gasteiger partial charge in [-0.3, -0.25) is 19.1 Å². The Labute approximate surface area is 211 Å². The van der Waals surface area contributed by atoms with E-state index >= 15 is 0 Å². The van der Waals surface area contributed by atoms with E-state index in [4.69, 9.17) is 0 Å². The summed E-state index contributed by atoms with van der Waals surface area (Å²) in [6.07, 6.45) is 9.10. The molecule has 0 unspecified atom stereocenters. The third-order valence-corrected chi connectivity index (χ3v) is 7.03. The summed E-state index contributed by atoms with van der Waals surface area (Å²) in [5.74, 6) is 0. The lowest BCUT2D eigenvalue weighted by Crippen LogP contribution is -2.21. The molecule has 7 aromatic rings. The van der Waals surface area contributed by atoms with E-state index < -0.39 is 0 Å². The van der Waals surface area contributed by atoms with E-state index in [0.29, 0.717) is 0 Å². The molecular formula is C30H22N6O. The summed E-state index contributed by atoms with van der Waals surface area (Å²) in [6, 6.07) is 22.5. The quantitative estimate of drug-likeness (QED) is 0.329. The Hall–Kier alpha value is -5.04. The van der Waals surface area contributed by atoms with Gasteiger partial charge in [-0.1, -0.05) is 24.3 Å². The van der Waals surface area contributed by atoms with Crippen molar-refractivity contribution in [2.75, 3.05) is 0 Å². The van der Waals surface area contributed by atoms with Gasteiger partial charge in [0.2, 0.25) is 0 Å². The van der Waals surface area contributed by atoms with Gasteiger partial charge < -0.3 is 4.57 Å². The third-order valence-electron chi connectivity index (χ3n) is 7.03. The highest BCUT2D eigenvalue weighted by Gasteiger charge is 2.18. The highest BCUT2D eigenvalue weighted by atomic mass is 16.1. The van der Waals surface area contributed by atoms with Gasteiger partial charge in [0.25, 0.3) is 0 Å². The van der Waals surface area contributed by atoms with E-state index in [1.54, 1.807) is 34.9 Å². The molecule has 37 heavy (non-hydrogen) atoms. The van der Waals surface area contributed by atoms with Crippen LogP contribution in [0.15, 0.2) is 103 Å². The molecule has 7 rings (SSSR count). The van der Waals surface area contributed by atoms with Crippen LogP contribution in [0.2, 0.25) is 0 Å². The molecule has 0 aliphatic rings. The second-order valence-corrected chi connectivity index (χ2v) is 9.26. The van der Waals surface area contributed by atoms with E-state index in [1.165, 1.54) is 0 Å². The van der Waals surface area contributed by atoms with Gasteiger partial charge in [0.1, 0.15) is 0 Å². The molecule has 7 heteroatoms. The van der Waals surface area contributed by atoms with Crippen molar-refractivity contribution < 1.29 is 0 Å². The van der Waals surface area contributed by atoms with Crippen LogP contribution in [0.1, 0.15) is 5.56 Å². The number of benzene rings is 3. The predicted molar refractivity (Wildman–Crippen MR) is 146 cm³/mol. The molecule has 0 aliphatic heterocycles. The van der Waals surface area contributed by atoms with Crippen LogP contribution in [0.4, 0.5) is 0 Å². The van der Waals surface area contributed by atoms with Crippen LogP contribution in [-0.4, -0.2) is 28.7 Å². The van der Waals surface area contributed by atoms with Crippen LogP contribution in [-0.2, 0) is 7.05 Å². The second kappa shape index (κ2) is 7.99. The molecular weight excluding hydrogens is 460 g/mol. The smallest absolute Gasteiger partial charge is 0.306 e. The normalized spacial score (nSPS) is 11.6. The number of fused-ring (bicyclic) bond motifs is 4. The maximum atomic E-state index is 13.6. The minimum atomic E-state index is -0.111. The highest BCUT2D eigenvalue weighted by Crippen LogP contribution is 2.31. The number of hydrogen-bond acceptors (Lipinski definition) is 4. The Morgan fingerprint density at radius 3 is 2.54 bits per heavy atom. The van der Waals surface area contributed by atoms with Crippen molar-refractivity contribution in [3.63, 3.8) is 0 Å². The summed E-state index contributed by atoms with van der Waals surface area (Å²) in [5, 5.41) is 2.00. The van der Waals surface area contributed by atoms with Crippen LogP contribution in [0.5, 0.6) is 0 Å². The highest BCUT2D eigenvalue weighted by molar-refractivity contribution is 6.05. The van der Waals surface area contributed by atoms with Crippen molar-refractivity contribution >= 4 is 32.8 Å². The van der Waals surface area contributed by atoms with Crippen molar-refractivity contribution in [2.45, 2.75) is 6.92 Å². The molecule has 3 aromatic carbocycles. The summed E-state index contributed by atoms with van der Waals surface area (Å²) in [7, 11) is 1.79. The fraction of sp³-hybridized carbons (Fsp3) is 0.0667. The van der Waals surface area contributed by atoms with E-state index in [2.05, 4.69) is 45.3 Å². The second-order valence-electron chi connectivity index (χ2n) is 9.26. The number of aromatic nitrogens is 6. The molecule has 0 saturated carbocycles. The first kappa shape index (κ1) is 21.3. The molecule has 0 aliphatic carbocycles. The number of imidazole rings is 2. The summed E-state index contributed by atoms with van der Waals surface area (Å²) < 4.78 is 5.41. The summed E-state index contributed by atoms with van der Waals surface area (Å²) >= 11 is 0. The molecule has 0 N–H and O–H groups in total. The maximum absolute atomic E-state index is 13.6. The van der Waals surface area contributed by atoms with E-state index in [9.17, 15) is 4.79 Å². The Kier molecular flexibility index (Phi) is 4.59. The maximum Gasteiger partial charge on any atom is 0.333 e. The number of para-hydroxylation sites is 1. The molecule has 0 saturated heterocycles. The van der Waals surface area contributed by atoms with Crippen molar-refractivity contribution in [1.82, 2.24) is 28.7 Å². The summed E-state index contributed by atoms with van der Waals surface area (Å²) in [6.45, 7) is 2.02. The Balaban J connectivity index is 1.48. The molecule has 7 nitrogen and oxygen atoms in total. The van der Waals surface area contributed by atoms with Crippen LogP contribution >= 0.6 is 0 Å². The van der Waals surface area contributed by atoms with Crippen molar-refractivity contribution in [1.29, 1.82) is 0 Å². The Morgan fingerprint density at radius 1 is 0.838 bits per heavy atom. The monoisotopic (exact) mass is 482 g/mol. The molecule has 0 bridgehead atoms.